The van der Waals surface area contributed by atoms with Crippen molar-refractivity contribution in [2.24, 2.45) is 0 Å². The van der Waals surface area contributed by atoms with E-state index >= 15 is 0 Å². The molecule has 122 valence electrons. The summed E-state index contributed by atoms with van der Waals surface area (Å²) in [5.74, 6) is 0.544. The molecule has 3 aromatic rings. The first kappa shape index (κ1) is 15.6. The second-order valence-electron chi connectivity index (χ2n) is 5.26. The molecule has 1 atom stereocenters. The van der Waals surface area contributed by atoms with E-state index in [4.69, 9.17) is 0 Å². The van der Waals surface area contributed by atoms with Crippen molar-refractivity contribution < 1.29 is 4.79 Å². The molecule has 8 nitrogen and oxygen atoms in total. The van der Waals surface area contributed by atoms with Gasteiger partial charge in [-0.2, -0.15) is 5.10 Å². The summed E-state index contributed by atoms with van der Waals surface area (Å²) < 4.78 is 2.65. The van der Waals surface area contributed by atoms with Gasteiger partial charge >= 0.3 is 0 Å². The van der Waals surface area contributed by atoms with Crippen molar-refractivity contribution in [3.8, 4) is 5.82 Å². The van der Waals surface area contributed by atoms with Gasteiger partial charge in [-0.15, -0.1) is 5.10 Å². The Hall–Kier alpha value is -3.29. The molecular formula is C16H16N6O2. The first-order valence-corrected chi connectivity index (χ1v) is 7.38. The molecule has 1 N–H and O–H groups in total. The lowest BCUT2D eigenvalue weighted by molar-refractivity contribution is -0.119. The molecule has 0 aliphatic heterocycles. The van der Waals surface area contributed by atoms with Crippen LogP contribution in [0.1, 0.15) is 18.5 Å². The number of carbonyl (C=O) groups is 1. The Bertz CT molecular complexity index is 916. The Morgan fingerprint density at radius 1 is 1.21 bits per heavy atom. The van der Waals surface area contributed by atoms with Gasteiger partial charge in [0.2, 0.25) is 5.91 Å². The molecule has 1 unspecified atom stereocenters. The Labute approximate surface area is 137 Å². The van der Waals surface area contributed by atoms with Gasteiger partial charge in [0, 0.05) is 24.7 Å². The van der Waals surface area contributed by atoms with Gasteiger partial charge in [-0.05, 0) is 37.6 Å². The van der Waals surface area contributed by atoms with Crippen molar-refractivity contribution in [1.82, 2.24) is 24.5 Å². The van der Waals surface area contributed by atoms with Crippen LogP contribution in [0.4, 0.5) is 5.82 Å². The minimum Gasteiger partial charge on any atom is -0.309 e. The number of aromatic nitrogens is 5. The summed E-state index contributed by atoms with van der Waals surface area (Å²) in [6.07, 6.45) is 4.91. The fourth-order valence-electron chi connectivity index (χ4n) is 2.17. The number of hydrogen-bond acceptors (Lipinski definition) is 5. The van der Waals surface area contributed by atoms with E-state index in [-0.39, 0.29) is 11.5 Å². The Morgan fingerprint density at radius 3 is 2.75 bits per heavy atom. The third kappa shape index (κ3) is 3.07. The molecule has 0 aromatic carbocycles. The monoisotopic (exact) mass is 324 g/mol. The largest absolute Gasteiger partial charge is 0.309 e. The highest BCUT2D eigenvalue weighted by molar-refractivity contribution is 5.93. The van der Waals surface area contributed by atoms with Gasteiger partial charge in [-0.25, -0.2) is 14.3 Å². The molecule has 0 spiro atoms. The SMILES string of the molecule is Cc1cccnc1NC(=O)C(C)n1nc(-n2cccn2)ccc1=O. The maximum atomic E-state index is 12.4. The molecule has 0 radical (unpaired) electrons. The van der Waals surface area contributed by atoms with Gasteiger partial charge in [0.1, 0.15) is 11.9 Å². The second kappa shape index (κ2) is 6.45. The molecule has 24 heavy (non-hydrogen) atoms. The summed E-state index contributed by atoms with van der Waals surface area (Å²) in [4.78, 5) is 28.6. The highest BCUT2D eigenvalue weighted by Gasteiger charge is 2.19. The maximum Gasteiger partial charge on any atom is 0.267 e. The van der Waals surface area contributed by atoms with E-state index in [1.54, 1.807) is 43.7 Å². The average molecular weight is 324 g/mol. The van der Waals surface area contributed by atoms with Crippen LogP contribution < -0.4 is 10.9 Å². The molecule has 0 saturated carbocycles. The van der Waals surface area contributed by atoms with Crippen LogP contribution in [0, 0.1) is 6.92 Å². The number of carbonyl (C=O) groups excluding carboxylic acids is 1. The first-order valence-electron chi connectivity index (χ1n) is 7.38. The van der Waals surface area contributed by atoms with E-state index < -0.39 is 6.04 Å². The Balaban J connectivity index is 1.88. The quantitative estimate of drug-likeness (QED) is 0.781. The summed E-state index contributed by atoms with van der Waals surface area (Å²) in [6, 6.07) is 7.50. The van der Waals surface area contributed by atoms with Crippen molar-refractivity contribution in [2.45, 2.75) is 19.9 Å². The van der Waals surface area contributed by atoms with Crippen LogP contribution in [0.2, 0.25) is 0 Å². The highest BCUT2D eigenvalue weighted by atomic mass is 16.2. The van der Waals surface area contributed by atoms with Crippen LogP contribution in [-0.2, 0) is 4.79 Å². The maximum absolute atomic E-state index is 12.4. The van der Waals surface area contributed by atoms with Crippen LogP contribution in [0.25, 0.3) is 5.82 Å². The zero-order valence-corrected chi connectivity index (χ0v) is 13.2. The number of aryl methyl sites for hydroxylation is 1. The zero-order chi connectivity index (χ0) is 17.1. The molecule has 0 fully saturated rings. The number of pyridine rings is 1. The number of rotatable bonds is 4. The number of amides is 1. The van der Waals surface area contributed by atoms with Gasteiger partial charge in [-0.1, -0.05) is 6.07 Å². The fourth-order valence-corrected chi connectivity index (χ4v) is 2.17. The smallest absolute Gasteiger partial charge is 0.267 e. The van der Waals surface area contributed by atoms with E-state index in [1.165, 1.54) is 10.7 Å². The summed E-state index contributed by atoms with van der Waals surface area (Å²) in [5.41, 5.74) is 0.468. The molecule has 0 bridgehead atoms. The fraction of sp³-hybridized carbons (Fsp3) is 0.188. The molecule has 0 aliphatic rings. The van der Waals surface area contributed by atoms with Crippen LogP contribution >= 0.6 is 0 Å². The van der Waals surface area contributed by atoms with Crippen LogP contribution in [0.15, 0.2) is 53.7 Å². The molecular weight excluding hydrogens is 308 g/mol. The lowest BCUT2D eigenvalue weighted by Gasteiger charge is -2.15. The second-order valence-corrected chi connectivity index (χ2v) is 5.26. The summed E-state index contributed by atoms with van der Waals surface area (Å²) in [6.45, 7) is 3.45. The molecule has 8 heteroatoms. The first-order chi connectivity index (χ1) is 11.6. The molecule has 3 heterocycles. The lowest BCUT2D eigenvalue weighted by Crippen LogP contribution is -2.34. The normalized spacial score (nSPS) is 11.9. The van der Waals surface area contributed by atoms with Gasteiger partial charge in [0.25, 0.3) is 5.56 Å². The van der Waals surface area contributed by atoms with E-state index in [0.717, 1.165) is 10.2 Å². The predicted octanol–water partition coefficient (Wildman–Crippen LogP) is 1.33. The summed E-state index contributed by atoms with van der Waals surface area (Å²) in [7, 11) is 0. The van der Waals surface area contributed by atoms with Crippen molar-refractivity contribution in [3.63, 3.8) is 0 Å². The lowest BCUT2D eigenvalue weighted by atomic mass is 10.2. The van der Waals surface area contributed by atoms with Gasteiger partial charge in [0.05, 0.1) is 0 Å². The van der Waals surface area contributed by atoms with E-state index in [9.17, 15) is 9.59 Å². The molecule has 0 saturated heterocycles. The van der Waals surface area contributed by atoms with E-state index in [1.807, 2.05) is 13.0 Å². The minimum atomic E-state index is -0.797. The van der Waals surface area contributed by atoms with Crippen molar-refractivity contribution in [3.05, 3.63) is 64.8 Å². The highest BCUT2D eigenvalue weighted by Crippen LogP contribution is 2.12. The molecule has 1 amide bonds. The average Bonchev–Trinajstić information content (AvgIpc) is 3.11. The number of nitrogens with zero attached hydrogens (tertiary/aromatic N) is 5. The topological polar surface area (TPSA) is 94.7 Å². The number of anilines is 1. The predicted molar refractivity (Wildman–Crippen MR) is 87.9 cm³/mol. The van der Waals surface area contributed by atoms with Crippen molar-refractivity contribution in [2.75, 3.05) is 5.32 Å². The third-order valence-electron chi connectivity index (χ3n) is 3.55. The standard InChI is InChI=1S/C16H16N6O2/c1-11-5-3-8-17-15(11)19-16(24)12(2)22-14(23)7-6-13(20-22)21-10-4-9-18-21/h3-10,12H,1-2H3,(H,17,19,24). The molecule has 3 rings (SSSR count). The molecule has 3 aromatic heterocycles. The Kier molecular flexibility index (Phi) is 4.19. The number of hydrogen-bond donors (Lipinski definition) is 1. The van der Waals surface area contributed by atoms with E-state index in [0.29, 0.717) is 11.6 Å². The number of nitrogens with one attached hydrogen (secondary N) is 1. The summed E-state index contributed by atoms with van der Waals surface area (Å²) in [5, 5.41) is 11.0. The van der Waals surface area contributed by atoms with Crippen LogP contribution in [-0.4, -0.2) is 30.5 Å². The zero-order valence-electron chi connectivity index (χ0n) is 13.2. The van der Waals surface area contributed by atoms with Crippen molar-refractivity contribution >= 4 is 11.7 Å². The van der Waals surface area contributed by atoms with Gasteiger partial charge in [0.15, 0.2) is 5.82 Å². The van der Waals surface area contributed by atoms with Gasteiger partial charge in [-0.3, -0.25) is 9.59 Å². The minimum absolute atomic E-state index is 0.369. The summed E-state index contributed by atoms with van der Waals surface area (Å²) >= 11 is 0. The third-order valence-corrected chi connectivity index (χ3v) is 3.55. The van der Waals surface area contributed by atoms with Gasteiger partial charge < -0.3 is 5.32 Å². The molecule has 0 aliphatic carbocycles. The Morgan fingerprint density at radius 2 is 2.04 bits per heavy atom. The van der Waals surface area contributed by atoms with E-state index in [2.05, 4.69) is 20.5 Å². The van der Waals surface area contributed by atoms with Crippen LogP contribution in [0.5, 0.6) is 0 Å². The van der Waals surface area contributed by atoms with Crippen LogP contribution in [0.3, 0.4) is 0 Å². The van der Waals surface area contributed by atoms with Crippen molar-refractivity contribution in [1.29, 1.82) is 0 Å².